The van der Waals surface area contributed by atoms with Gasteiger partial charge in [0.15, 0.2) is 0 Å². The van der Waals surface area contributed by atoms with Gasteiger partial charge in [0.1, 0.15) is 30.5 Å². The van der Waals surface area contributed by atoms with E-state index in [-0.39, 0.29) is 13.2 Å². The minimum atomic E-state index is -1.34. The first-order valence-electron chi connectivity index (χ1n) is 9.51. The first-order chi connectivity index (χ1) is 13.5. The van der Waals surface area contributed by atoms with E-state index in [4.69, 9.17) is 14.2 Å². The molecule has 8 heteroatoms. The third-order valence-electron chi connectivity index (χ3n) is 4.44. The molecule has 0 radical (unpaired) electrons. The monoisotopic (exact) mass is 407 g/mol. The van der Waals surface area contributed by atoms with E-state index in [1.165, 1.54) is 13.8 Å². The Labute approximate surface area is 170 Å². The summed E-state index contributed by atoms with van der Waals surface area (Å²) in [6.07, 6.45) is -2.38. The maximum absolute atomic E-state index is 12.9. The molecule has 0 amide bonds. The lowest BCUT2D eigenvalue weighted by atomic mass is 10.1. The van der Waals surface area contributed by atoms with Crippen molar-refractivity contribution in [3.05, 3.63) is 35.9 Å². The van der Waals surface area contributed by atoms with Gasteiger partial charge in [-0.1, -0.05) is 30.3 Å². The second kappa shape index (κ2) is 9.37. The highest BCUT2D eigenvalue weighted by molar-refractivity contribution is 5.78. The number of hydrogen-bond donors (Lipinski definition) is 1. The molecule has 1 heterocycles. The Morgan fingerprint density at radius 1 is 1.07 bits per heavy atom. The number of esters is 3. The Morgan fingerprint density at radius 2 is 1.69 bits per heavy atom. The van der Waals surface area contributed by atoms with E-state index in [1.54, 1.807) is 25.7 Å². The molecule has 0 bridgehead atoms. The summed E-state index contributed by atoms with van der Waals surface area (Å²) in [5, 5.41) is 10.9. The van der Waals surface area contributed by atoms with Gasteiger partial charge >= 0.3 is 17.9 Å². The van der Waals surface area contributed by atoms with Crippen molar-refractivity contribution in [1.29, 1.82) is 0 Å². The van der Waals surface area contributed by atoms with Crippen LogP contribution in [0.15, 0.2) is 30.3 Å². The topological polar surface area (TPSA) is 102 Å². The number of carbonyl (C=O) groups is 3. The number of aliphatic hydroxyl groups is 1. The molecule has 4 atom stereocenters. The fourth-order valence-corrected chi connectivity index (χ4v) is 3.38. The van der Waals surface area contributed by atoms with Gasteiger partial charge < -0.3 is 19.3 Å². The number of carbonyl (C=O) groups excluding carboxylic acids is 3. The molecule has 1 N–H and O–H groups in total. The van der Waals surface area contributed by atoms with Crippen molar-refractivity contribution in [1.82, 2.24) is 4.90 Å². The van der Waals surface area contributed by atoms with Gasteiger partial charge in [-0.05, 0) is 26.3 Å². The lowest BCUT2D eigenvalue weighted by Gasteiger charge is -2.31. The van der Waals surface area contributed by atoms with Crippen molar-refractivity contribution in [3.8, 4) is 0 Å². The molecule has 1 aliphatic rings. The van der Waals surface area contributed by atoms with Crippen LogP contribution in [0.5, 0.6) is 0 Å². The van der Waals surface area contributed by atoms with Gasteiger partial charge in [0.25, 0.3) is 0 Å². The van der Waals surface area contributed by atoms with Gasteiger partial charge in [0, 0.05) is 20.4 Å². The maximum Gasteiger partial charge on any atom is 0.326 e. The van der Waals surface area contributed by atoms with E-state index in [0.717, 1.165) is 5.56 Å². The molecule has 0 unspecified atom stereocenters. The Bertz CT molecular complexity index is 728. The fourth-order valence-electron chi connectivity index (χ4n) is 3.38. The molecule has 160 valence electrons. The van der Waals surface area contributed by atoms with Crippen molar-refractivity contribution in [2.75, 3.05) is 6.61 Å². The summed E-state index contributed by atoms with van der Waals surface area (Å²) >= 11 is 0. The third kappa shape index (κ3) is 6.27. The van der Waals surface area contributed by atoms with Crippen LogP contribution in [0.25, 0.3) is 0 Å². The molecular weight excluding hydrogens is 378 g/mol. The predicted molar refractivity (Wildman–Crippen MR) is 104 cm³/mol. The number of rotatable bonds is 6. The third-order valence-corrected chi connectivity index (χ3v) is 4.44. The summed E-state index contributed by atoms with van der Waals surface area (Å²) in [6.45, 7) is 7.80. The van der Waals surface area contributed by atoms with Crippen molar-refractivity contribution >= 4 is 17.9 Å². The van der Waals surface area contributed by atoms with Crippen LogP contribution in [-0.2, 0) is 35.1 Å². The maximum atomic E-state index is 12.9. The quantitative estimate of drug-likeness (QED) is 0.558. The minimum Gasteiger partial charge on any atom is -0.464 e. The minimum absolute atomic E-state index is 0.142. The van der Waals surface area contributed by atoms with Crippen LogP contribution in [0, 0.1) is 0 Å². The lowest BCUT2D eigenvalue weighted by Crippen LogP contribution is -2.47. The van der Waals surface area contributed by atoms with E-state index in [1.807, 2.05) is 30.3 Å². The molecule has 2 rings (SSSR count). The Hall–Kier alpha value is -2.45. The zero-order chi connectivity index (χ0) is 21.8. The molecule has 1 aromatic rings. The molecule has 0 spiro atoms. The van der Waals surface area contributed by atoms with E-state index >= 15 is 0 Å². The first kappa shape index (κ1) is 22.8. The highest BCUT2D eigenvalue weighted by Crippen LogP contribution is 2.32. The Balaban J connectivity index is 2.41. The average molecular weight is 407 g/mol. The zero-order valence-corrected chi connectivity index (χ0v) is 17.5. The van der Waals surface area contributed by atoms with E-state index in [0.29, 0.717) is 0 Å². The number of nitrogens with zero attached hydrogens (tertiary/aromatic N) is 1. The molecule has 1 fully saturated rings. The Kier molecular flexibility index (Phi) is 7.37. The summed E-state index contributed by atoms with van der Waals surface area (Å²) in [5.74, 6) is -1.75. The fraction of sp³-hybridized carbons (Fsp3) is 0.571. The standard InChI is InChI=1S/C21H29NO7/c1-13(23)27-12-16-19(28-14(2)24)18(25)17(20(26)29-21(3,4)5)22(16)11-15-9-7-6-8-10-15/h6-10,16-19,25H,11-12H2,1-5H3/t16-,17+,18+,19-/m1/s1. The van der Waals surface area contributed by atoms with Crippen LogP contribution in [-0.4, -0.2) is 64.4 Å². The van der Waals surface area contributed by atoms with Crippen LogP contribution < -0.4 is 0 Å². The predicted octanol–water partition coefficient (Wildman–Crippen LogP) is 1.44. The average Bonchev–Trinajstić information content (AvgIpc) is 2.83. The number of aliphatic hydroxyl groups excluding tert-OH is 1. The zero-order valence-electron chi connectivity index (χ0n) is 17.5. The van der Waals surface area contributed by atoms with Gasteiger partial charge in [0.05, 0.1) is 6.04 Å². The summed E-state index contributed by atoms with van der Waals surface area (Å²) in [7, 11) is 0. The van der Waals surface area contributed by atoms with Crippen LogP contribution in [0.4, 0.5) is 0 Å². The molecule has 29 heavy (non-hydrogen) atoms. The second-order valence-corrected chi connectivity index (χ2v) is 8.07. The molecule has 1 saturated heterocycles. The largest absolute Gasteiger partial charge is 0.464 e. The van der Waals surface area contributed by atoms with Crippen molar-refractivity contribution in [2.24, 2.45) is 0 Å². The Morgan fingerprint density at radius 3 is 2.21 bits per heavy atom. The summed E-state index contributed by atoms with van der Waals surface area (Å²) < 4.78 is 16.0. The van der Waals surface area contributed by atoms with Gasteiger partial charge in [-0.15, -0.1) is 0 Å². The van der Waals surface area contributed by atoms with Crippen molar-refractivity contribution < 1.29 is 33.7 Å². The number of ether oxygens (including phenoxy) is 3. The highest BCUT2D eigenvalue weighted by atomic mass is 16.6. The SMILES string of the molecule is CC(=O)OC[C@@H]1[C@@H](OC(C)=O)[C@@H](O)[C@@H](C(=O)OC(C)(C)C)N1Cc1ccccc1. The van der Waals surface area contributed by atoms with E-state index in [2.05, 4.69) is 0 Å². The van der Waals surface area contributed by atoms with Gasteiger partial charge in [-0.3, -0.25) is 19.3 Å². The smallest absolute Gasteiger partial charge is 0.326 e. The van der Waals surface area contributed by atoms with E-state index < -0.39 is 47.8 Å². The molecule has 1 aliphatic heterocycles. The van der Waals surface area contributed by atoms with Crippen molar-refractivity contribution in [2.45, 2.75) is 71.1 Å². The van der Waals surface area contributed by atoms with Crippen LogP contribution in [0.3, 0.4) is 0 Å². The number of likely N-dealkylation sites (tertiary alicyclic amines) is 1. The van der Waals surface area contributed by atoms with Crippen molar-refractivity contribution in [3.63, 3.8) is 0 Å². The van der Waals surface area contributed by atoms with Gasteiger partial charge in [-0.25, -0.2) is 0 Å². The van der Waals surface area contributed by atoms with Gasteiger partial charge in [0.2, 0.25) is 0 Å². The number of hydrogen-bond acceptors (Lipinski definition) is 8. The van der Waals surface area contributed by atoms with Crippen LogP contribution >= 0.6 is 0 Å². The molecule has 0 aromatic heterocycles. The molecule has 0 saturated carbocycles. The molecule has 0 aliphatic carbocycles. The second-order valence-electron chi connectivity index (χ2n) is 8.07. The normalized spacial score (nSPS) is 24.8. The highest BCUT2D eigenvalue weighted by Gasteiger charge is 2.54. The number of benzene rings is 1. The summed E-state index contributed by atoms with van der Waals surface area (Å²) in [4.78, 5) is 37.6. The molecular formula is C21H29NO7. The molecule has 1 aromatic carbocycles. The molecule has 8 nitrogen and oxygen atoms in total. The van der Waals surface area contributed by atoms with E-state index in [9.17, 15) is 19.5 Å². The first-order valence-corrected chi connectivity index (χ1v) is 9.51. The van der Waals surface area contributed by atoms with Crippen LogP contribution in [0.2, 0.25) is 0 Å². The van der Waals surface area contributed by atoms with Crippen LogP contribution in [0.1, 0.15) is 40.2 Å². The van der Waals surface area contributed by atoms with Gasteiger partial charge in [-0.2, -0.15) is 0 Å². The summed E-state index contributed by atoms with van der Waals surface area (Å²) in [5.41, 5.74) is 0.115. The lowest BCUT2D eigenvalue weighted by molar-refractivity contribution is -0.165. The summed E-state index contributed by atoms with van der Waals surface area (Å²) in [6, 6.07) is 7.53.